The van der Waals surface area contributed by atoms with Gasteiger partial charge in [-0.3, -0.25) is 19.7 Å². The number of carbonyl (C=O) groups is 4. The Morgan fingerprint density at radius 2 is 1.63 bits per heavy atom. The lowest BCUT2D eigenvalue weighted by Gasteiger charge is -2.27. The van der Waals surface area contributed by atoms with Crippen molar-refractivity contribution in [3.05, 3.63) is 71.8 Å². The van der Waals surface area contributed by atoms with Gasteiger partial charge in [0.25, 0.3) is 17.7 Å². The summed E-state index contributed by atoms with van der Waals surface area (Å²) in [5, 5.41) is 7.68. The molecule has 8 heteroatoms. The number of benzene rings is 2. The summed E-state index contributed by atoms with van der Waals surface area (Å²) >= 11 is 0. The average molecular weight is 402 g/mol. The molecule has 2 heterocycles. The summed E-state index contributed by atoms with van der Waals surface area (Å²) in [6.45, 7) is 3.48. The molecule has 0 spiro atoms. The third-order valence-electron chi connectivity index (χ3n) is 4.88. The Bertz CT molecular complexity index is 1140. The minimum Gasteiger partial charge on any atom is -0.273 e. The number of urea groups is 1. The molecular weight excluding hydrogens is 384 g/mol. The highest BCUT2D eigenvalue weighted by atomic mass is 16.2. The Balaban J connectivity index is 1.68. The van der Waals surface area contributed by atoms with Crippen LogP contribution >= 0.6 is 0 Å². The minimum absolute atomic E-state index is 0.279. The standard InChI is InChI=1S/C22H18N4O4/c1-13-7-6-10-16(11-13)25-20(28)18(19(27)23-22(25)30)12-17-14(2)24-26(21(17)29)15-8-4-3-5-9-15/h3-12,17H,1-2H3,(H,23,27,30)/b18-12-. The second kappa shape index (κ2) is 7.40. The zero-order chi connectivity index (χ0) is 21.4. The molecule has 150 valence electrons. The first kappa shape index (κ1) is 19.3. The summed E-state index contributed by atoms with van der Waals surface area (Å²) in [6, 6.07) is 14.8. The zero-order valence-corrected chi connectivity index (χ0v) is 16.3. The first-order chi connectivity index (χ1) is 14.4. The van der Waals surface area contributed by atoms with E-state index in [0.29, 0.717) is 17.1 Å². The topological polar surface area (TPSA) is 99.2 Å². The Morgan fingerprint density at radius 3 is 2.33 bits per heavy atom. The van der Waals surface area contributed by atoms with Gasteiger partial charge in [0.15, 0.2) is 0 Å². The molecule has 2 aromatic rings. The largest absolute Gasteiger partial charge is 0.335 e. The molecule has 30 heavy (non-hydrogen) atoms. The van der Waals surface area contributed by atoms with Gasteiger partial charge in [0.1, 0.15) is 5.57 Å². The number of rotatable bonds is 3. The van der Waals surface area contributed by atoms with Gasteiger partial charge in [-0.05, 0) is 49.8 Å². The van der Waals surface area contributed by atoms with Crippen LogP contribution < -0.4 is 15.2 Å². The van der Waals surface area contributed by atoms with Gasteiger partial charge in [-0.15, -0.1) is 0 Å². The molecule has 2 aliphatic heterocycles. The SMILES string of the molecule is CC1=NN(c2ccccc2)C(=O)C1/C=C1/C(=O)NC(=O)N(c2cccc(C)c2)C1=O. The van der Waals surface area contributed by atoms with E-state index in [1.165, 1.54) is 11.1 Å². The third-order valence-corrected chi connectivity index (χ3v) is 4.88. The molecule has 1 N–H and O–H groups in total. The van der Waals surface area contributed by atoms with Gasteiger partial charge in [-0.1, -0.05) is 30.3 Å². The zero-order valence-electron chi connectivity index (χ0n) is 16.3. The molecule has 1 unspecified atom stereocenters. The maximum Gasteiger partial charge on any atom is 0.335 e. The predicted octanol–water partition coefficient (Wildman–Crippen LogP) is 2.54. The van der Waals surface area contributed by atoms with Gasteiger partial charge in [0.05, 0.1) is 23.0 Å². The molecule has 2 aliphatic rings. The van der Waals surface area contributed by atoms with Crippen molar-refractivity contribution in [2.75, 3.05) is 9.91 Å². The Hall–Kier alpha value is -4.07. The number of para-hydroxylation sites is 1. The third kappa shape index (κ3) is 3.28. The Labute approximate surface area is 172 Å². The van der Waals surface area contributed by atoms with Crippen molar-refractivity contribution in [1.29, 1.82) is 0 Å². The van der Waals surface area contributed by atoms with E-state index in [1.807, 2.05) is 19.1 Å². The number of aryl methyl sites for hydroxylation is 1. The fraction of sp³-hybridized carbons (Fsp3) is 0.136. The molecule has 0 bridgehead atoms. The van der Waals surface area contributed by atoms with E-state index in [9.17, 15) is 19.2 Å². The maximum atomic E-state index is 13.0. The normalized spacial score (nSPS) is 20.7. The van der Waals surface area contributed by atoms with Crippen LogP contribution in [0.1, 0.15) is 12.5 Å². The number of amides is 5. The van der Waals surface area contributed by atoms with Crippen molar-refractivity contribution in [3.8, 4) is 0 Å². The number of imide groups is 2. The molecule has 0 saturated carbocycles. The molecule has 1 saturated heterocycles. The molecule has 4 rings (SSSR count). The molecule has 1 fully saturated rings. The number of carbonyl (C=O) groups excluding carboxylic acids is 4. The van der Waals surface area contributed by atoms with Crippen LogP contribution in [0.5, 0.6) is 0 Å². The van der Waals surface area contributed by atoms with Gasteiger partial charge in [-0.25, -0.2) is 9.69 Å². The molecule has 1 atom stereocenters. The molecule has 5 amide bonds. The number of nitrogens with zero attached hydrogens (tertiary/aromatic N) is 3. The first-order valence-corrected chi connectivity index (χ1v) is 9.29. The quantitative estimate of drug-likeness (QED) is 0.630. The number of barbiturate groups is 1. The molecule has 2 aromatic carbocycles. The van der Waals surface area contributed by atoms with Crippen LogP contribution in [-0.4, -0.2) is 29.5 Å². The summed E-state index contributed by atoms with van der Waals surface area (Å²) in [6.07, 6.45) is 1.27. The minimum atomic E-state index is -0.887. The van der Waals surface area contributed by atoms with Crippen LogP contribution in [0.3, 0.4) is 0 Å². The van der Waals surface area contributed by atoms with Crippen LogP contribution in [0.2, 0.25) is 0 Å². The highest BCUT2D eigenvalue weighted by molar-refractivity contribution is 6.38. The summed E-state index contributed by atoms with van der Waals surface area (Å²) in [4.78, 5) is 51.5. The lowest BCUT2D eigenvalue weighted by molar-refractivity contribution is -0.122. The van der Waals surface area contributed by atoms with E-state index in [4.69, 9.17) is 0 Å². The molecule has 0 radical (unpaired) electrons. The number of hydrogen-bond acceptors (Lipinski definition) is 5. The second-order valence-corrected chi connectivity index (χ2v) is 7.02. The predicted molar refractivity (Wildman–Crippen MR) is 111 cm³/mol. The number of hydrazone groups is 1. The number of nitrogens with one attached hydrogen (secondary N) is 1. The van der Waals surface area contributed by atoms with E-state index in [2.05, 4.69) is 10.4 Å². The Morgan fingerprint density at radius 1 is 0.933 bits per heavy atom. The van der Waals surface area contributed by atoms with Crippen LogP contribution in [-0.2, 0) is 14.4 Å². The van der Waals surface area contributed by atoms with Crippen molar-refractivity contribution < 1.29 is 19.2 Å². The van der Waals surface area contributed by atoms with Crippen molar-refractivity contribution in [2.24, 2.45) is 11.0 Å². The van der Waals surface area contributed by atoms with Gasteiger partial charge in [-0.2, -0.15) is 10.1 Å². The van der Waals surface area contributed by atoms with Crippen LogP contribution in [0.25, 0.3) is 0 Å². The lowest BCUT2D eigenvalue weighted by Crippen LogP contribution is -2.54. The van der Waals surface area contributed by atoms with E-state index < -0.39 is 23.8 Å². The van der Waals surface area contributed by atoms with Gasteiger partial charge in [0.2, 0.25) is 0 Å². The number of anilines is 2. The highest BCUT2D eigenvalue weighted by Gasteiger charge is 2.40. The van der Waals surface area contributed by atoms with Gasteiger partial charge in [0, 0.05) is 0 Å². The van der Waals surface area contributed by atoms with Gasteiger partial charge >= 0.3 is 6.03 Å². The monoisotopic (exact) mass is 402 g/mol. The summed E-state index contributed by atoms with van der Waals surface area (Å²) < 4.78 is 0. The molecule has 0 aliphatic carbocycles. The first-order valence-electron chi connectivity index (χ1n) is 9.29. The fourth-order valence-corrected chi connectivity index (χ4v) is 3.37. The van der Waals surface area contributed by atoms with Crippen LogP contribution in [0, 0.1) is 12.8 Å². The van der Waals surface area contributed by atoms with Gasteiger partial charge < -0.3 is 0 Å². The lowest BCUT2D eigenvalue weighted by atomic mass is 9.98. The summed E-state index contributed by atoms with van der Waals surface area (Å²) in [7, 11) is 0. The van der Waals surface area contributed by atoms with Crippen LogP contribution in [0.4, 0.5) is 16.2 Å². The number of hydrogen-bond donors (Lipinski definition) is 1. The maximum absolute atomic E-state index is 13.0. The second-order valence-electron chi connectivity index (χ2n) is 7.02. The molecule has 8 nitrogen and oxygen atoms in total. The average Bonchev–Trinajstić information content (AvgIpc) is 2.99. The van der Waals surface area contributed by atoms with E-state index in [1.54, 1.807) is 49.4 Å². The summed E-state index contributed by atoms with van der Waals surface area (Å²) in [5.41, 5.74) is 1.93. The van der Waals surface area contributed by atoms with E-state index in [-0.39, 0.29) is 11.5 Å². The fourth-order valence-electron chi connectivity index (χ4n) is 3.37. The highest BCUT2D eigenvalue weighted by Crippen LogP contribution is 2.27. The van der Waals surface area contributed by atoms with Crippen LogP contribution in [0.15, 0.2) is 71.3 Å². The van der Waals surface area contributed by atoms with Crippen molar-refractivity contribution in [1.82, 2.24) is 5.32 Å². The van der Waals surface area contributed by atoms with Crippen molar-refractivity contribution in [2.45, 2.75) is 13.8 Å². The molecular formula is C22H18N4O4. The van der Waals surface area contributed by atoms with E-state index >= 15 is 0 Å². The molecule has 0 aromatic heterocycles. The van der Waals surface area contributed by atoms with Crippen molar-refractivity contribution in [3.63, 3.8) is 0 Å². The van der Waals surface area contributed by atoms with E-state index in [0.717, 1.165) is 10.5 Å². The Kier molecular flexibility index (Phi) is 4.75. The van der Waals surface area contributed by atoms with Crippen molar-refractivity contribution >= 4 is 40.8 Å². The smallest absolute Gasteiger partial charge is 0.273 e. The summed E-state index contributed by atoms with van der Waals surface area (Å²) in [5.74, 6) is -2.89.